The van der Waals surface area contributed by atoms with Crippen LogP contribution in [0.2, 0.25) is 0 Å². The van der Waals surface area contributed by atoms with Crippen LogP contribution in [0.5, 0.6) is 0 Å². The van der Waals surface area contributed by atoms with Gasteiger partial charge in [-0.15, -0.1) is 0 Å². The summed E-state index contributed by atoms with van der Waals surface area (Å²) < 4.78 is 0. The van der Waals surface area contributed by atoms with Crippen LogP contribution in [0.25, 0.3) is 0 Å². The van der Waals surface area contributed by atoms with E-state index < -0.39 is 0 Å². The van der Waals surface area contributed by atoms with Crippen molar-refractivity contribution in [1.29, 1.82) is 5.41 Å². The van der Waals surface area contributed by atoms with Crippen molar-refractivity contribution in [3.8, 4) is 0 Å². The summed E-state index contributed by atoms with van der Waals surface area (Å²) in [6.45, 7) is 0. The fourth-order valence-corrected chi connectivity index (χ4v) is 1.42. The summed E-state index contributed by atoms with van der Waals surface area (Å²) in [6, 6.07) is 0. The van der Waals surface area contributed by atoms with Crippen LogP contribution in [0.1, 0.15) is 12.8 Å². The largest absolute Gasteiger partial charge is 0.388 e. The molecule has 0 bridgehead atoms. The zero-order valence-corrected chi connectivity index (χ0v) is 7.40. The predicted octanol–water partition coefficient (Wildman–Crippen LogP) is 0.613. The Labute approximate surface area is 74.7 Å². The van der Waals surface area contributed by atoms with E-state index in [1.54, 1.807) is 11.8 Å². The highest BCUT2D eigenvalue weighted by molar-refractivity contribution is 7.99. The maximum atomic E-state index is 6.98. The van der Waals surface area contributed by atoms with E-state index in [0.717, 1.165) is 17.3 Å². The molecule has 5 nitrogen and oxygen atoms in total. The number of hydrogen-bond acceptors (Lipinski definition) is 4. The van der Waals surface area contributed by atoms with Crippen molar-refractivity contribution < 1.29 is 0 Å². The molecule has 1 aromatic heterocycles. The summed E-state index contributed by atoms with van der Waals surface area (Å²) in [5.41, 5.74) is 5.19. The molecule has 6 heteroatoms. The molecule has 4 N–H and O–H groups in total. The van der Waals surface area contributed by atoms with Gasteiger partial charge in [0.25, 0.3) is 0 Å². The highest BCUT2D eigenvalue weighted by atomic mass is 32.2. The summed E-state index contributed by atoms with van der Waals surface area (Å²) in [5, 5.41) is 14.3. The molecule has 0 amide bonds. The van der Waals surface area contributed by atoms with Crippen molar-refractivity contribution in [1.82, 2.24) is 15.2 Å². The molecule has 0 aromatic carbocycles. The number of aromatic nitrogens is 3. The molecule has 0 aliphatic rings. The summed E-state index contributed by atoms with van der Waals surface area (Å²) in [7, 11) is 0. The zero-order valence-electron chi connectivity index (χ0n) is 6.58. The maximum absolute atomic E-state index is 6.98. The minimum Gasteiger partial charge on any atom is -0.388 e. The van der Waals surface area contributed by atoms with Gasteiger partial charge in [-0.2, -0.15) is 5.10 Å². The molecule has 0 radical (unpaired) electrons. The standard InChI is InChI=1S/C6H11N5S/c7-5(8)2-1-3-12-6-9-4-10-11-6/h4H,1-3H2,(H3,7,8)(H,9,10,11). The first-order chi connectivity index (χ1) is 5.79. The quantitative estimate of drug-likeness (QED) is 0.271. The number of aromatic amines is 1. The van der Waals surface area contributed by atoms with Crippen molar-refractivity contribution in [3.63, 3.8) is 0 Å². The van der Waals surface area contributed by atoms with Gasteiger partial charge in [0.1, 0.15) is 6.33 Å². The second kappa shape index (κ2) is 4.76. The molecule has 0 saturated carbocycles. The molecule has 0 aliphatic carbocycles. The van der Waals surface area contributed by atoms with Crippen LogP contribution in [0.4, 0.5) is 0 Å². The van der Waals surface area contributed by atoms with Gasteiger partial charge in [0.2, 0.25) is 0 Å². The van der Waals surface area contributed by atoms with Crippen molar-refractivity contribution in [2.45, 2.75) is 18.0 Å². The Balaban J connectivity index is 2.07. The lowest BCUT2D eigenvalue weighted by Gasteiger charge is -1.96. The molecular formula is C6H11N5S. The normalized spacial score (nSPS) is 10.0. The molecule has 0 atom stereocenters. The summed E-state index contributed by atoms with van der Waals surface area (Å²) >= 11 is 1.59. The van der Waals surface area contributed by atoms with E-state index in [-0.39, 0.29) is 5.84 Å². The molecule has 0 fully saturated rings. The lowest BCUT2D eigenvalue weighted by molar-refractivity contribution is 0.953. The Morgan fingerprint density at radius 3 is 3.17 bits per heavy atom. The molecule has 0 saturated heterocycles. The van der Waals surface area contributed by atoms with Gasteiger partial charge in [-0.05, 0) is 6.42 Å². The smallest absolute Gasteiger partial charge is 0.183 e. The molecule has 0 unspecified atom stereocenters. The van der Waals surface area contributed by atoms with E-state index in [0.29, 0.717) is 6.42 Å². The fraction of sp³-hybridized carbons (Fsp3) is 0.500. The van der Waals surface area contributed by atoms with Gasteiger partial charge in [0.05, 0.1) is 5.84 Å². The van der Waals surface area contributed by atoms with E-state index in [2.05, 4.69) is 15.2 Å². The highest BCUT2D eigenvalue weighted by Crippen LogP contribution is 2.12. The molecule has 0 aliphatic heterocycles. The Morgan fingerprint density at radius 2 is 2.58 bits per heavy atom. The molecule has 1 rings (SSSR count). The second-order valence-corrected chi connectivity index (χ2v) is 3.35. The van der Waals surface area contributed by atoms with E-state index in [1.165, 1.54) is 6.33 Å². The van der Waals surface area contributed by atoms with E-state index in [4.69, 9.17) is 11.1 Å². The molecule has 12 heavy (non-hydrogen) atoms. The lowest BCUT2D eigenvalue weighted by Crippen LogP contribution is -2.08. The minimum absolute atomic E-state index is 0.244. The van der Waals surface area contributed by atoms with E-state index >= 15 is 0 Å². The Hall–Kier alpha value is -1.04. The Bertz CT molecular complexity index is 232. The first-order valence-corrected chi connectivity index (χ1v) is 4.58. The van der Waals surface area contributed by atoms with Crippen LogP contribution in [-0.4, -0.2) is 26.8 Å². The van der Waals surface area contributed by atoms with Gasteiger partial charge < -0.3 is 5.73 Å². The maximum Gasteiger partial charge on any atom is 0.183 e. The number of thioether (sulfide) groups is 1. The van der Waals surface area contributed by atoms with Crippen LogP contribution >= 0.6 is 11.8 Å². The second-order valence-electron chi connectivity index (χ2n) is 2.27. The zero-order chi connectivity index (χ0) is 8.81. The summed E-state index contributed by atoms with van der Waals surface area (Å²) in [4.78, 5) is 3.94. The van der Waals surface area contributed by atoms with Crippen LogP contribution in [-0.2, 0) is 0 Å². The third-order valence-electron chi connectivity index (χ3n) is 1.22. The molecule has 0 spiro atoms. The first kappa shape index (κ1) is 9.05. The van der Waals surface area contributed by atoms with Crippen molar-refractivity contribution in [2.75, 3.05) is 5.75 Å². The van der Waals surface area contributed by atoms with Crippen LogP contribution in [0, 0.1) is 5.41 Å². The molecule has 66 valence electrons. The van der Waals surface area contributed by atoms with Crippen molar-refractivity contribution in [2.24, 2.45) is 5.73 Å². The van der Waals surface area contributed by atoms with Gasteiger partial charge in [-0.25, -0.2) is 4.98 Å². The van der Waals surface area contributed by atoms with Gasteiger partial charge in [0.15, 0.2) is 5.16 Å². The van der Waals surface area contributed by atoms with Gasteiger partial charge in [-0.3, -0.25) is 10.5 Å². The van der Waals surface area contributed by atoms with Gasteiger partial charge in [-0.1, -0.05) is 11.8 Å². The van der Waals surface area contributed by atoms with Crippen molar-refractivity contribution >= 4 is 17.6 Å². The third kappa shape index (κ3) is 3.38. The summed E-state index contributed by atoms with van der Waals surface area (Å²) in [6.07, 6.45) is 3.04. The average Bonchev–Trinajstić information content (AvgIpc) is 2.49. The SMILES string of the molecule is N=C(N)CCCSc1ncn[nH]1. The van der Waals surface area contributed by atoms with Gasteiger partial charge >= 0.3 is 0 Å². The molecule has 1 aromatic rings. The van der Waals surface area contributed by atoms with Crippen LogP contribution in [0.3, 0.4) is 0 Å². The Morgan fingerprint density at radius 1 is 1.75 bits per heavy atom. The number of amidine groups is 1. The fourth-order valence-electron chi connectivity index (χ4n) is 0.695. The van der Waals surface area contributed by atoms with E-state index in [9.17, 15) is 0 Å². The van der Waals surface area contributed by atoms with E-state index in [1.807, 2.05) is 0 Å². The van der Waals surface area contributed by atoms with Gasteiger partial charge in [0, 0.05) is 12.2 Å². The average molecular weight is 185 g/mol. The lowest BCUT2D eigenvalue weighted by atomic mass is 10.3. The predicted molar refractivity (Wildman–Crippen MR) is 48.3 cm³/mol. The number of hydrogen-bond donors (Lipinski definition) is 3. The number of nitrogens with one attached hydrogen (secondary N) is 2. The molecular weight excluding hydrogens is 174 g/mol. The van der Waals surface area contributed by atoms with Crippen molar-refractivity contribution in [3.05, 3.63) is 6.33 Å². The third-order valence-corrected chi connectivity index (χ3v) is 2.19. The Kier molecular flexibility index (Phi) is 3.59. The first-order valence-electron chi connectivity index (χ1n) is 3.60. The number of H-pyrrole nitrogens is 1. The topological polar surface area (TPSA) is 91.4 Å². The van der Waals surface area contributed by atoms with Crippen LogP contribution in [0.15, 0.2) is 11.5 Å². The van der Waals surface area contributed by atoms with Crippen LogP contribution < -0.4 is 5.73 Å². The number of rotatable bonds is 5. The number of nitrogens with two attached hydrogens (primary N) is 1. The molecule has 1 heterocycles. The monoisotopic (exact) mass is 185 g/mol. The summed E-state index contributed by atoms with van der Waals surface area (Å²) in [5.74, 6) is 1.16. The highest BCUT2D eigenvalue weighted by Gasteiger charge is 1.96. The minimum atomic E-state index is 0.244. The number of nitrogens with zero attached hydrogens (tertiary/aromatic N) is 2.